The van der Waals surface area contributed by atoms with Gasteiger partial charge in [-0.3, -0.25) is 4.98 Å². The molecular weight excluding hydrogens is 228 g/mol. The largest absolute Gasteiger partial charge is 0.478 e. The Morgan fingerprint density at radius 3 is 2.72 bits per heavy atom. The Morgan fingerprint density at radius 1 is 1.33 bits per heavy atom. The quantitative estimate of drug-likeness (QED) is 0.809. The van der Waals surface area contributed by atoms with Crippen LogP contribution in [0.4, 0.5) is 5.69 Å². The van der Waals surface area contributed by atoms with E-state index < -0.39 is 5.97 Å². The molecule has 1 aromatic heterocycles. The summed E-state index contributed by atoms with van der Waals surface area (Å²) in [6.07, 6.45) is 2.37. The van der Waals surface area contributed by atoms with Crippen molar-refractivity contribution in [2.24, 2.45) is 0 Å². The lowest BCUT2D eigenvalue weighted by Crippen LogP contribution is -2.01. The summed E-state index contributed by atoms with van der Waals surface area (Å²) in [5, 5.41) is 8.97. The van der Waals surface area contributed by atoms with E-state index in [4.69, 9.17) is 10.8 Å². The first kappa shape index (κ1) is 12.1. The standard InChI is InChI=1S/C14H14N2O2/c1-9-2-3-13(16-8-9)6-10-4-11(14(17)18)7-12(15)5-10/h2-5,7-8H,6,15H2,1H3,(H,17,18). The molecule has 0 atom stereocenters. The van der Waals surface area contributed by atoms with Gasteiger partial charge in [0, 0.05) is 24.0 Å². The predicted octanol–water partition coefficient (Wildman–Crippen LogP) is 2.26. The number of benzene rings is 1. The van der Waals surface area contributed by atoms with Crippen molar-refractivity contribution in [1.82, 2.24) is 4.98 Å². The van der Waals surface area contributed by atoms with E-state index in [2.05, 4.69) is 4.98 Å². The van der Waals surface area contributed by atoms with Crippen LogP contribution >= 0.6 is 0 Å². The number of aromatic nitrogens is 1. The molecule has 0 fully saturated rings. The topological polar surface area (TPSA) is 76.2 Å². The van der Waals surface area contributed by atoms with Gasteiger partial charge in [0.15, 0.2) is 0 Å². The smallest absolute Gasteiger partial charge is 0.335 e. The summed E-state index contributed by atoms with van der Waals surface area (Å²) in [6, 6.07) is 8.76. The molecule has 4 heteroatoms. The predicted molar refractivity (Wildman–Crippen MR) is 69.6 cm³/mol. The van der Waals surface area contributed by atoms with E-state index in [9.17, 15) is 4.79 Å². The first-order valence-electron chi connectivity index (χ1n) is 5.59. The number of carboxylic acids is 1. The second-order valence-electron chi connectivity index (χ2n) is 4.27. The third-order valence-corrected chi connectivity index (χ3v) is 2.62. The fourth-order valence-electron chi connectivity index (χ4n) is 1.76. The zero-order valence-corrected chi connectivity index (χ0v) is 10.1. The van der Waals surface area contributed by atoms with Gasteiger partial charge in [-0.05, 0) is 42.3 Å². The fraction of sp³-hybridized carbons (Fsp3) is 0.143. The number of carbonyl (C=O) groups is 1. The van der Waals surface area contributed by atoms with Gasteiger partial charge in [-0.1, -0.05) is 6.07 Å². The number of rotatable bonds is 3. The minimum absolute atomic E-state index is 0.206. The van der Waals surface area contributed by atoms with Crippen molar-refractivity contribution in [2.75, 3.05) is 5.73 Å². The number of hydrogen-bond acceptors (Lipinski definition) is 3. The van der Waals surface area contributed by atoms with Crippen LogP contribution in [0.1, 0.15) is 27.2 Å². The van der Waals surface area contributed by atoms with Gasteiger partial charge in [-0.2, -0.15) is 0 Å². The van der Waals surface area contributed by atoms with Crippen LogP contribution in [0.5, 0.6) is 0 Å². The van der Waals surface area contributed by atoms with Crippen LogP contribution < -0.4 is 5.73 Å². The van der Waals surface area contributed by atoms with E-state index in [-0.39, 0.29) is 5.56 Å². The summed E-state index contributed by atoms with van der Waals surface area (Å²) in [6.45, 7) is 1.97. The van der Waals surface area contributed by atoms with E-state index >= 15 is 0 Å². The Balaban J connectivity index is 2.28. The minimum Gasteiger partial charge on any atom is -0.478 e. The molecule has 0 saturated heterocycles. The lowest BCUT2D eigenvalue weighted by molar-refractivity contribution is 0.0697. The summed E-state index contributed by atoms with van der Waals surface area (Å²) in [4.78, 5) is 15.2. The van der Waals surface area contributed by atoms with Crippen molar-refractivity contribution >= 4 is 11.7 Å². The Bertz CT molecular complexity index is 577. The molecule has 1 heterocycles. The van der Waals surface area contributed by atoms with Gasteiger partial charge in [0.2, 0.25) is 0 Å². The normalized spacial score (nSPS) is 10.3. The first-order valence-corrected chi connectivity index (χ1v) is 5.59. The highest BCUT2D eigenvalue weighted by atomic mass is 16.4. The number of nitrogens with two attached hydrogens (primary N) is 1. The molecule has 0 amide bonds. The van der Waals surface area contributed by atoms with E-state index in [0.29, 0.717) is 12.1 Å². The molecule has 0 aliphatic rings. The summed E-state index contributed by atoms with van der Waals surface area (Å²) in [5.41, 5.74) is 9.19. The Morgan fingerprint density at radius 2 is 2.11 bits per heavy atom. The maximum Gasteiger partial charge on any atom is 0.335 e. The van der Waals surface area contributed by atoms with E-state index in [1.807, 2.05) is 19.1 Å². The van der Waals surface area contributed by atoms with Crippen molar-refractivity contribution < 1.29 is 9.90 Å². The fourth-order valence-corrected chi connectivity index (χ4v) is 1.76. The van der Waals surface area contributed by atoms with E-state index in [1.54, 1.807) is 18.3 Å². The number of aryl methyl sites for hydroxylation is 1. The summed E-state index contributed by atoms with van der Waals surface area (Å²) >= 11 is 0. The molecule has 4 nitrogen and oxygen atoms in total. The van der Waals surface area contributed by atoms with Crippen molar-refractivity contribution in [3.05, 3.63) is 58.9 Å². The first-order chi connectivity index (χ1) is 8.54. The minimum atomic E-state index is -0.972. The van der Waals surface area contributed by atoms with Gasteiger partial charge in [0.25, 0.3) is 0 Å². The van der Waals surface area contributed by atoms with E-state index in [1.165, 1.54) is 6.07 Å². The van der Waals surface area contributed by atoms with Gasteiger partial charge in [-0.15, -0.1) is 0 Å². The lowest BCUT2D eigenvalue weighted by atomic mass is 10.0. The third kappa shape index (κ3) is 2.85. The van der Waals surface area contributed by atoms with Crippen LogP contribution in [0.2, 0.25) is 0 Å². The molecule has 0 radical (unpaired) electrons. The van der Waals surface area contributed by atoms with Crippen LogP contribution in [0.25, 0.3) is 0 Å². The molecule has 0 spiro atoms. The maximum atomic E-state index is 10.9. The van der Waals surface area contributed by atoms with Crippen molar-refractivity contribution in [2.45, 2.75) is 13.3 Å². The lowest BCUT2D eigenvalue weighted by Gasteiger charge is -2.05. The summed E-state index contributed by atoms with van der Waals surface area (Å²) < 4.78 is 0. The molecular formula is C14H14N2O2. The van der Waals surface area contributed by atoms with Crippen LogP contribution in [-0.4, -0.2) is 16.1 Å². The number of nitrogens with zero attached hydrogens (tertiary/aromatic N) is 1. The van der Waals surface area contributed by atoms with Gasteiger partial charge in [0.05, 0.1) is 5.56 Å². The zero-order chi connectivity index (χ0) is 13.1. The van der Waals surface area contributed by atoms with Crippen LogP contribution in [-0.2, 0) is 6.42 Å². The van der Waals surface area contributed by atoms with Gasteiger partial charge in [-0.25, -0.2) is 4.79 Å². The Hall–Kier alpha value is -2.36. The molecule has 0 saturated carbocycles. The SMILES string of the molecule is Cc1ccc(Cc2cc(N)cc(C(=O)O)c2)nc1. The van der Waals surface area contributed by atoms with Crippen LogP contribution in [0.3, 0.4) is 0 Å². The van der Waals surface area contributed by atoms with Gasteiger partial charge >= 0.3 is 5.97 Å². The average Bonchev–Trinajstić information content (AvgIpc) is 2.31. The second kappa shape index (κ2) is 4.87. The monoisotopic (exact) mass is 242 g/mol. The molecule has 2 aromatic rings. The molecule has 2 rings (SSSR count). The zero-order valence-electron chi connectivity index (χ0n) is 10.1. The van der Waals surface area contributed by atoms with Gasteiger partial charge < -0.3 is 10.8 Å². The molecule has 0 aliphatic carbocycles. The number of carboxylic acid groups (broad SMARTS) is 1. The van der Waals surface area contributed by atoms with Crippen LogP contribution in [0.15, 0.2) is 36.5 Å². The number of pyridine rings is 1. The molecule has 92 valence electrons. The molecule has 18 heavy (non-hydrogen) atoms. The Kier molecular flexibility index (Phi) is 3.28. The summed E-state index contributed by atoms with van der Waals surface area (Å²) in [5.74, 6) is -0.972. The molecule has 0 unspecified atom stereocenters. The van der Waals surface area contributed by atoms with Crippen molar-refractivity contribution in [3.63, 3.8) is 0 Å². The second-order valence-corrected chi connectivity index (χ2v) is 4.27. The van der Waals surface area contributed by atoms with Crippen molar-refractivity contribution in [3.8, 4) is 0 Å². The van der Waals surface area contributed by atoms with E-state index in [0.717, 1.165) is 16.8 Å². The highest BCUT2D eigenvalue weighted by Crippen LogP contribution is 2.15. The number of nitrogen functional groups attached to an aromatic ring is 1. The molecule has 0 aliphatic heterocycles. The molecule has 1 aromatic carbocycles. The maximum absolute atomic E-state index is 10.9. The highest BCUT2D eigenvalue weighted by Gasteiger charge is 2.06. The number of hydrogen-bond donors (Lipinski definition) is 2. The van der Waals surface area contributed by atoms with Crippen LogP contribution in [0, 0.1) is 6.92 Å². The molecule has 3 N–H and O–H groups in total. The number of aromatic carboxylic acids is 1. The van der Waals surface area contributed by atoms with Crippen molar-refractivity contribution in [1.29, 1.82) is 0 Å². The highest BCUT2D eigenvalue weighted by molar-refractivity contribution is 5.89. The Labute approximate surface area is 105 Å². The third-order valence-electron chi connectivity index (χ3n) is 2.62. The average molecular weight is 242 g/mol. The summed E-state index contributed by atoms with van der Waals surface area (Å²) in [7, 11) is 0. The van der Waals surface area contributed by atoms with Gasteiger partial charge in [0.1, 0.15) is 0 Å². The molecule has 0 bridgehead atoms. The number of anilines is 1.